The van der Waals surface area contributed by atoms with Crippen molar-refractivity contribution in [1.29, 1.82) is 0 Å². The van der Waals surface area contributed by atoms with Gasteiger partial charge in [0.15, 0.2) is 0 Å². The Morgan fingerprint density at radius 1 is 1.50 bits per heavy atom. The Hall–Kier alpha value is -1.84. The van der Waals surface area contributed by atoms with Gasteiger partial charge in [0.1, 0.15) is 0 Å². The first-order valence-electron chi connectivity index (χ1n) is 7.72. The van der Waals surface area contributed by atoms with E-state index in [2.05, 4.69) is 34.1 Å². The van der Waals surface area contributed by atoms with Crippen LogP contribution >= 0.6 is 0 Å². The molecule has 1 aliphatic carbocycles. The van der Waals surface area contributed by atoms with E-state index < -0.39 is 0 Å². The first-order chi connectivity index (χ1) is 10.6. The largest absolute Gasteiger partial charge is 0.373 e. The SMILES string of the molecule is CN1CCO[C@@H](CNC(=O)C#CC2CC2)[C@@H]1c1cncn1C. The van der Waals surface area contributed by atoms with Crippen LogP contribution in [-0.4, -0.2) is 53.2 Å². The number of aryl methyl sites for hydroxylation is 1. The summed E-state index contributed by atoms with van der Waals surface area (Å²) in [5, 5.41) is 2.87. The van der Waals surface area contributed by atoms with E-state index in [9.17, 15) is 4.79 Å². The molecule has 2 atom stereocenters. The van der Waals surface area contributed by atoms with E-state index in [0.717, 1.165) is 25.1 Å². The second kappa shape index (κ2) is 6.51. The fraction of sp³-hybridized carbons (Fsp3) is 0.625. The number of amides is 1. The summed E-state index contributed by atoms with van der Waals surface area (Å²) in [6.45, 7) is 1.99. The maximum absolute atomic E-state index is 11.8. The fourth-order valence-corrected chi connectivity index (χ4v) is 2.73. The number of carbonyl (C=O) groups excluding carboxylic acids is 1. The average Bonchev–Trinajstić information content (AvgIpc) is 3.24. The van der Waals surface area contributed by atoms with E-state index in [4.69, 9.17) is 4.74 Å². The molecule has 0 unspecified atom stereocenters. The van der Waals surface area contributed by atoms with E-state index in [0.29, 0.717) is 19.1 Å². The number of morpholine rings is 1. The lowest BCUT2D eigenvalue weighted by Crippen LogP contribution is -2.48. The Bertz CT molecular complexity index is 597. The van der Waals surface area contributed by atoms with Crippen LogP contribution in [0, 0.1) is 17.8 Å². The molecule has 1 aromatic heterocycles. The Morgan fingerprint density at radius 3 is 3.00 bits per heavy atom. The molecule has 2 heterocycles. The fourth-order valence-electron chi connectivity index (χ4n) is 2.73. The molecule has 2 aliphatic rings. The Balaban J connectivity index is 1.64. The van der Waals surface area contributed by atoms with Gasteiger partial charge in [0.2, 0.25) is 0 Å². The topological polar surface area (TPSA) is 59.4 Å². The molecule has 1 saturated heterocycles. The molecule has 1 aromatic rings. The number of aromatic nitrogens is 2. The van der Waals surface area contributed by atoms with E-state index in [1.165, 1.54) is 0 Å². The molecule has 6 nitrogen and oxygen atoms in total. The molecule has 118 valence electrons. The van der Waals surface area contributed by atoms with Gasteiger partial charge in [0.25, 0.3) is 5.91 Å². The van der Waals surface area contributed by atoms with Crippen LogP contribution in [0.1, 0.15) is 24.6 Å². The van der Waals surface area contributed by atoms with Gasteiger partial charge in [-0.15, -0.1) is 0 Å². The van der Waals surface area contributed by atoms with Crippen LogP contribution < -0.4 is 5.32 Å². The van der Waals surface area contributed by atoms with E-state index in [-0.39, 0.29) is 18.1 Å². The lowest BCUT2D eigenvalue weighted by atomic mass is 10.0. The third-order valence-electron chi connectivity index (χ3n) is 4.19. The zero-order chi connectivity index (χ0) is 15.5. The molecular weight excluding hydrogens is 280 g/mol. The Kier molecular flexibility index (Phi) is 4.46. The molecule has 3 rings (SSSR count). The number of carbonyl (C=O) groups is 1. The maximum atomic E-state index is 11.8. The molecule has 0 bridgehead atoms. The zero-order valence-electron chi connectivity index (χ0n) is 13.1. The number of nitrogens with one attached hydrogen (secondary N) is 1. The van der Waals surface area contributed by atoms with Crippen molar-refractivity contribution in [2.75, 3.05) is 26.7 Å². The van der Waals surface area contributed by atoms with Gasteiger partial charge in [-0.05, 0) is 25.8 Å². The monoisotopic (exact) mass is 302 g/mol. The van der Waals surface area contributed by atoms with Crippen molar-refractivity contribution >= 4 is 5.91 Å². The molecule has 6 heteroatoms. The number of imidazole rings is 1. The highest BCUT2D eigenvalue weighted by Gasteiger charge is 2.33. The van der Waals surface area contributed by atoms with Crippen molar-refractivity contribution in [2.24, 2.45) is 13.0 Å². The first kappa shape index (κ1) is 15.1. The Labute approximate surface area is 130 Å². The minimum absolute atomic E-state index is 0.0814. The van der Waals surface area contributed by atoms with Gasteiger partial charge in [-0.1, -0.05) is 5.92 Å². The summed E-state index contributed by atoms with van der Waals surface area (Å²) in [4.78, 5) is 18.2. The normalized spacial score (nSPS) is 25.4. The third kappa shape index (κ3) is 3.49. The van der Waals surface area contributed by atoms with Crippen molar-refractivity contribution in [3.05, 3.63) is 18.2 Å². The smallest absolute Gasteiger partial charge is 0.295 e. The quantitative estimate of drug-likeness (QED) is 0.817. The number of hydrogen-bond donors (Lipinski definition) is 1. The summed E-state index contributed by atoms with van der Waals surface area (Å²) in [5.74, 6) is 5.86. The molecule has 1 saturated carbocycles. The second-order valence-corrected chi connectivity index (χ2v) is 6.02. The van der Waals surface area contributed by atoms with E-state index >= 15 is 0 Å². The number of nitrogens with zero attached hydrogens (tertiary/aromatic N) is 3. The van der Waals surface area contributed by atoms with Gasteiger partial charge < -0.3 is 14.6 Å². The van der Waals surface area contributed by atoms with Crippen molar-refractivity contribution in [2.45, 2.75) is 25.0 Å². The highest BCUT2D eigenvalue weighted by Crippen LogP contribution is 2.28. The molecular formula is C16H22N4O2. The van der Waals surface area contributed by atoms with Gasteiger partial charge in [0, 0.05) is 32.3 Å². The van der Waals surface area contributed by atoms with Crippen LogP contribution in [0.5, 0.6) is 0 Å². The Morgan fingerprint density at radius 2 is 2.32 bits per heavy atom. The molecule has 0 radical (unpaired) electrons. The summed E-state index contributed by atoms with van der Waals surface area (Å²) >= 11 is 0. The van der Waals surface area contributed by atoms with Crippen LogP contribution in [0.4, 0.5) is 0 Å². The summed E-state index contributed by atoms with van der Waals surface area (Å²) in [5.41, 5.74) is 1.09. The van der Waals surface area contributed by atoms with E-state index in [1.807, 2.05) is 17.8 Å². The molecule has 0 spiro atoms. The predicted octanol–water partition coefficient (Wildman–Crippen LogP) is 0.321. The molecule has 1 amide bonds. The third-order valence-corrected chi connectivity index (χ3v) is 4.19. The minimum Gasteiger partial charge on any atom is -0.373 e. The molecule has 2 fully saturated rings. The first-order valence-corrected chi connectivity index (χ1v) is 7.72. The van der Waals surface area contributed by atoms with Gasteiger partial charge in [-0.25, -0.2) is 4.98 Å². The zero-order valence-corrected chi connectivity index (χ0v) is 13.1. The van der Waals surface area contributed by atoms with Crippen molar-refractivity contribution in [1.82, 2.24) is 19.8 Å². The van der Waals surface area contributed by atoms with Crippen LogP contribution in [-0.2, 0) is 16.6 Å². The number of ether oxygens (including phenoxy) is 1. The van der Waals surface area contributed by atoms with Crippen LogP contribution in [0.2, 0.25) is 0 Å². The maximum Gasteiger partial charge on any atom is 0.295 e. The summed E-state index contributed by atoms with van der Waals surface area (Å²) in [7, 11) is 4.05. The molecule has 1 aliphatic heterocycles. The van der Waals surface area contributed by atoms with Gasteiger partial charge >= 0.3 is 0 Å². The predicted molar refractivity (Wildman–Crippen MR) is 81.8 cm³/mol. The van der Waals surface area contributed by atoms with Gasteiger partial charge in [-0.2, -0.15) is 0 Å². The highest BCUT2D eigenvalue weighted by atomic mass is 16.5. The number of likely N-dealkylation sites (N-methyl/N-ethyl adjacent to an activating group) is 1. The molecule has 1 N–H and O–H groups in total. The highest BCUT2D eigenvalue weighted by molar-refractivity contribution is 5.93. The van der Waals surface area contributed by atoms with Crippen molar-refractivity contribution in [3.63, 3.8) is 0 Å². The minimum atomic E-state index is -0.215. The van der Waals surface area contributed by atoms with Crippen LogP contribution in [0.25, 0.3) is 0 Å². The second-order valence-electron chi connectivity index (χ2n) is 6.02. The number of hydrogen-bond acceptors (Lipinski definition) is 4. The summed E-state index contributed by atoms with van der Waals surface area (Å²) in [6.07, 6.45) is 5.80. The van der Waals surface area contributed by atoms with E-state index in [1.54, 1.807) is 6.33 Å². The van der Waals surface area contributed by atoms with Gasteiger partial charge in [0.05, 0.1) is 30.8 Å². The lowest BCUT2D eigenvalue weighted by molar-refractivity contribution is -0.117. The summed E-state index contributed by atoms with van der Waals surface area (Å²) in [6, 6.07) is 0.0814. The molecule has 22 heavy (non-hydrogen) atoms. The van der Waals surface area contributed by atoms with Gasteiger partial charge in [-0.3, -0.25) is 9.69 Å². The van der Waals surface area contributed by atoms with Crippen molar-refractivity contribution < 1.29 is 9.53 Å². The van der Waals surface area contributed by atoms with Crippen molar-refractivity contribution in [3.8, 4) is 11.8 Å². The number of rotatable bonds is 3. The standard InChI is InChI=1S/C16H22N4O2/c1-19-7-8-22-14(16(19)13-9-17-11-20(13)2)10-18-15(21)6-5-12-3-4-12/h9,11-12,14,16H,3-4,7-8,10H2,1-2H3,(H,18,21)/t14-,16-/m0/s1. The molecule has 0 aromatic carbocycles. The van der Waals surface area contributed by atoms with Crippen LogP contribution in [0.3, 0.4) is 0 Å². The average molecular weight is 302 g/mol. The lowest BCUT2D eigenvalue weighted by Gasteiger charge is -2.39. The summed E-state index contributed by atoms with van der Waals surface area (Å²) < 4.78 is 7.88. The van der Waals surface area contributed by atoms with Crippen LogP contribution in [0.15, 0.2) is 12.5 Å².